The number of aromatic hydroxyl groups is 1. The molecular formula is C11H14O3. The lowest BCUT2D eigenvalue weighted by atomic mass is 10.1. The van der Waals surface area contributed by atoms with Gasteiger partial charge in [0.25, 0.3) is 0 Å². The van der Waals surface area contributed by atoms with Gasteiger partial charge in [-0.1, -0.05) is 6.07 Å². The second-order valence-electron chi connectivity index (χ2n) is 3.36. The van der Waals surface area contributed by atoms with Crippen LogP contribution in [0.4, 0.5) is 0 Å². The van der Waals surface area contributed by atoms with Crippen molar-refractivity contribution in [1.82, 2.24) is 0 Å². The van der Waals surface area contributed by atoms with Crippen molar-refractivity contribution in [2.45, 2.75) is 27.4 Å². The van der Waals surface area contributed by atoms with E-state index in [0.29, 0.717) is 5.56 Å². The Labute approximate surface area is 83.3 Å². The summed E-state index contributed by atoms with van der Waals surface area (Å²) >= 11 is 0. The predicted octanol–water partition coefficient (Wildman–Crippen LogP) is 2.07. The fourth-order valence-electron chi connectivity index (χ4n) is 1.34. The zero-order valence-corrected chi connectivity index (χ0v) is 8.63. The van der Waals surface area contributed by atoms with E-state index in [9.17, 15) is 9.90 Å². The Bertz CT molecular complexity index is 333. The van der Waals surface area contributed by atoms with Crippen LogP contribution in [0.15, 0.2) is 12.1 Å². The van der Waals surface area contributed by atoms with Crippen LogP contribution in [0.2, 0.25) is 0 Å². The third-order valence-corrected chi connectivity index (χ3v) is 2.01. The molecule has 0 saturated carbocycles. The maximum Gasteiger partial charge on any atom is 0.302 e. The number of aryl methyl sites for hydroxylation is 2. The van der Waals surface area contributed by atoms with E-state index < -0.39 is 0 Å². The van der Waals surface area contributed by atoms with Crippen molar-refractivity contribution < 1.29 is 14.6 Å². The molecule has 1 aromatic carbocycles. The average Bonchev–Trinajstić information content (AvgIpc) is 2.01. The van der Waals surface area contributed by atoms with Crippen molar-refractivity contribution in [3.8, 4) is 5.75 Å². The largest absolute Gasteiger partial charge is 0.508 e. The first kappa shape index (κ1) is 10.6. The average molecular weight is 194 g/mol. The molecule has 0 atom stereocenters. The Morgan fingerprint density at radius 1 is 1.43 bits per heavy atom. The Kier molecular flexibility index (Phi) is 3.12. The van der Waals surface area contributed by atoms with Gasteiger partial charge < -0.3 is 9.84 Å². The van der Waals surface area contributed by atoms with Crippen molar-refractivity contribution in [3.63, 3.8) is 0 Å². The van der Waals surface area contributed by atoms with Crippen molar-refractivity contribution in [2.75, 3.05) is 0 Å². The number of phenolic OH excluding ortho intramolecular Hbond substituents is 1. The van der Waals surface area contributed by atoms with E-state index in [1.54, 1.807) is 6.07 Å². The highest BCUT2D eigenvalue weighted by Crippen LogP contribution is 2.23. The summed E-state index contributed by atoms with van der Waals surface area (Å²) in [6.45, 7) is 5.27. The number of hydrogen-bond donors (Lipinski definition) is 1. The number of ether oxygens (including phenoxy) is 1. The molecule has 1 N–H and O–H groups in total. The van der Waals surface area contributed by atoms with Gasteiger partial charge in [0, 0.05) is 12.5 Å². The van der Waals surface area contributed by atoms with Gasteiger partial charge in [-0.3, -0.25) is 4.79 Å². The number of carbonyl (C=O) groups excluding carboxylic acids is 1. The molecule has 1 aromatic rings. The van der Waals surface area contributed by atoms with Gasteiger partial charge in [0.1, 0.15) is 12.4 Å². The molecule has 0 aromatic heterocycles. The summed E-state index contributed by atoms with van der Waals surface area (Å²) in [7, 11) is 0. The van der Waals surface area contributed by atoms with Gasteiger partial charge in [-0.25, -0.2) is 0 Å². The molecule has 3 heteroatoms. The van der Waals surface area contributed by atoms with E-state index in [1.807, 2.05) is 19.9 Å². The van der Waals surface area contributed by atoms with Crippen molar-refractivity contribution >= 4 is 5.97 Å². The summed E-state index contributed by atoms with van der Waals surface area (Å²) in [5.41, 5.74) is 2.60. The number of hydrogen-bond acceptors (Lipinski definition) is 3. The smallest absolute Gasteiger partial charge is 0.302 e. The molecule has 76 valence electrons. The van der Waals surface area contributed by atoms with Crippen LogP contribution in [0.1, 0.15) is 23.6 Å². The fraction of sp³-hybridized carbons (Fsp3) is 0.364. The predicted molar refractivity (Wildman–Crippen MR) is 53.1 cm³/mol. The number of esters is 1. The lowest BCUT2D eigenvalue weighted by molar-refractivity contribution is -0.142. The second-order valence-corrected chi connectivity index (χ2v) is 3.36. The van der Waals surface area contributed by atoms with Crippen LogP contribution in [0.3, 0.4) is 0 Å². The number of benzene rings is 1. The summed E-state index contributed by atoms with van der Waals surface area (Å²) in [5.74, 6) is -0.159. The third kappa shape index (κ3) is 2.49. The van der Waals surface area contributed by atoms with Gasteiger partial charge in [0.2, 0.25) is 0 Å². The number of phenols is 1. The van der Waals surface area contributed by atoms with E-state index >= 15 is 0 Å². The molecule has 14 heavy (non-hydrogen) atoms. The first-order valence-electron chi connectivity index (χ1n) is 4.43. The van der Waals surface area contributed by atoms with Crippen LogP contribution in [-0.2, 0) is 16.1 Å². The molecule has 0 bridgehead atoms. The van der Waals surface area contributed by atoms with Crippen molar-refractivity contribution in [1.29, 1.82) is 0 Å². The normalized spacial score (nSPS) is 9.93. The van der Waals surface area contributed by atoms with Gasteiger partial charge in [-0.15, -0.1) is 0 Å². The topological polar surface area (TPSA) is 46.5 Å². The highest BCUT2D eigenvalue weighted by molar-refractivity contribution is 5.66. The zero-order chi connectivity index (χ0) is 10.7. The molecule has 1 rings (SSSR count). The molecule has 0 aliphatic carbocycles. The second kappa shape index (κ2) is 4.13. The maximum absolute atomic E-state index is 10.6. The summed E-state index contributed by atoms with van der Waals surface area (Å²) in [5, 5.41) is 9.59. The van der Waals surface area contributed by atoms with Crippen LogP contribution < -0.4 is 0 Å². The van der Waals surface area contributed by atoms with E-state index in [-0.39, 0.29) is 18.3 Å². The van der Waals surface area contributed by atoms with Gasteiger partial charge in [-0.05, 0) is 31.0 Å². The van der Waals surface area contributed by atoms with Gasteiger partial charge in [0.15, 0.2) is 0 Å². The Morgan fingerprint density at radius 2 is 2.07 bits per heavy atom. The molecular weight excluding hydrogens is 180 g/mol. The minimum Gasteiger partial charge on any atom is -0.508 e. The fourth-order valence-corrected chi connectivity index (χ4v) is 1.34. The molecule has 3 nitrogen and oxygen atoms in total. The summed E-state index contributed by atoms with van der Waals surface area (Å²) in [6.07, 6.45) is 0. The molecule has 0 fully saturated rings. The Morgan fingerprint density at radius 3 is 2.57 bits per heavy atom. The standard InChI is InChI=1S/C11H14O3/c1-7-4-8(2)10(11(13)5-7)6-14-9(3)12/h4-5,13H,6H2,1-3H3. The van der Waals surface area contributed by atoms with Crippen LogP contribution in [0.5, 0.6) is 5.75 Å². The first-order chi connectivity index (χ1) is 6.50. The maximum atomic E-state index is 10.6. The lowest BCUT2D eigenvalue weighted by Gasteiger charge is -2.09. The van der Waals surface area contributed by atoms with Crippen LogP contribution in [0, 0.1) is 13.8 Å². The molecule has 0 radical (unpaired) electrons. The molecule has 0 unspecified atom stereocenters. The highest BCUT2D eigenvalue weighted by Gasteiger charge is 2.07. The Balaban J connectivity index is 2.91. The molecule has 0 aliphatic heterocycles. The molecule has 0 aliphatic rings. The number of rotatable bonds is 2. The first-order valence-corrected chi connectivity index (χ1v) is 4.43. The van der Waals surface area contributed by atoms with E-state index in [2.05, 4.69) is 0 Å². The summed E-state index contributed by atoms with van der Waals surface area (Å²) < 4.78 is 4.83. The highest BCUT2D eigenvalue weighted by atomic mass is 16.5. The Hall–Kier alpha value is -1.51. The zero-order valence-electron chi connectivity index (χ0n) is 8.63. The monoisotopic (exact) mass is 194 g/mol. The summed E-state index contributed by atoms with van der Waals surface area (Å²) in [4.78, 5) is 10.6. The van der Waals surface area contributed by atoms with Gasteiger partial charge in [-0.2, -0.15) is 0 Å². The van der Waals surface area contributed by atoms with Crippen molar-refractivity contribution in [3.05, 3.63) is 28.8 Å². The van der Waals surface area contributed by atoms with E-state index in [1.165, 1.54) is 6.92 Å². The number of carbonyl (C=O) groups is 1. The van der Waals surface area contributed by atoms with Crippen LogP contribution >= 0.6 is 0 Å². The van der Waals surface area contributed by atoms with E-state index in [4.69, 9.17) is 4.74 Å². The third-order valence-electron chi connectivity index (χ3n) is 2.01. The minimum absolute atomic E-state index is 0.132. The summed E-state index contributed by atoms with van der Waals surface area (Å²) in [6, 6.07) is 3.60. The van der Waals surface area contributed by atoms with Gasteiger partial charge in [0.05, 0.1) is 0 Å². The van der Waals surface area contributed by atoms with Crippen LogP contribution in [-0.4, -0.2) is 11.1 Å². The quantitative estimate of drug-likeness (QED) is 0.733. The molecule has 0 saturated heterocycles. The molecule has 0 heterocycles. The molecule has 0 amide bonds. The van der Waals surface area contributed by atoms with E-state index in [0.717, 1.165) is 11.1 Å². The SMILES string of the molecule is CC(=O)OCc1c(C)cc(C)cc1O. The van der Waals surface area contributed by atoms with Gasteiger partial charge >= 0.3 is 5.97 Å². The molecule has 0 spiro atoms. The minimum atomic E-state index is -0.343. The van der Waals surface area contributed by atoms with Crippen molar-refractivity contribution in [2.24, 2.45) is 0 Å². The van der Waals surface area contributed by atoms with Crippen LogP contribution in [0.25, 0.3) is 0 Å². The lowest BCUT2D eigenvalue weighted by Crippen LogP contribution is -2.01.